The zero-order valence-electron chi connectivity index (χ0n) is 13.8. The van der Waals surface area contributed by atoms with E-state index in [0.717, 1.165) is 21.4 Å². The minimum atomic E-state index is 0.0181. The van der Waals surface area contributed by atoms with Crippen molar-refractivity contribution in [3.8, 4) is 0 Å². The van der Waals surface area contributed by atoms with Crippen molar-refractivity contribution in [2.24, 2.45) is 0 Å². The number of amides is 1. The average Bonchev–Trinajstić information content (AvgIpc) is 2.50. The van der Waals surface area contributed by atoms with E-state index in [9.17, 15) is 4.79 Å². The van der Waals surface area contributed by atoms with Crippen LogP contribution in [0.15, 0.2) is 46.9 Å². The molecular formula is C19H23BrN2O. The molecule has 0 aromatic heterocycles. The van der Waals surface area contributed by atoms with E-state index in [1.165, 1.54) is 5.56 Å². The zero-order valence-corrected chi connectivity index (χ0v) is 15.4. The highest BCUT2D eigenvalue weighted by Gasteiger charge is 2.04. The fraction of sp³-hybridized carbons (Fsp3) is 0.316. The summed E-state index contributed by atoms with van der Waals surface area (Å²) < 4.78 is 1.06. The molecule has 0 heterocycles. The molecule has 23 heavy (non-hydrogen) atoms. The topological polar surface area (TPSA) is 41.1 Å². The highest BCUT2D eigenvalue weighted by molar-refractivity contribution is 9.10. The molecule has 0 atom stereocenters. The van der Waals surface area contributed by atoms with Crippen LogP contribution in [-0.2, 0) is 4.79 Å². The number of hydrogen-bond donors (Lipinski definition) is 2. The van der Waals surface area contributed by atoms with Gasteiger partial charge in [-0.3, -0.25) is 4.79 Å². The van der Waals surface area contributed by atoms with Gasteiger partial charge in [0.2, 0.25) is 5.91 Å². The van der Waals surface area contributed by atoms with E-state index in [2.05, 4.69) is 58.6 Å². The van der Waals surface area contributed by atoms with Crippen molar-refractivity contribution >= 4 is 33.2 Å². The molecular weight excluding hydrogens is 352 g/mol. The van der Waals surface area contributed by atoms with Crippen LogP contribution in [0.4, 0.5) is 11.4 Å². The highest BCUT2D eigenvalue weighted by Crippen LogP contribution is 2.20. The van der Waals surface area contributed by atoms with Crippen molar-refractivity contribution in [1.29, 1.82) is 0 Å². The van der Waals surface area contributed by atoms with Crippen LogP contribution in [0, 0.1) is 6.92 Å². The molecule has 2 rings (SSSR count). The average molecular weight is 375 g/mol. The first-order chi connectivity index (χ1) is 11.0. The molecule has 0 saturated heterocycles. The molecule has 0 saturated carbocycles. The number of benzene rings is 2. The smallest absolute Gasteiger partial charge is 0.226 e. The Balaban J connectivity index is 1.80. The Morgan fingerprint density at radius 1 is 1.13 bits per heavy atom. The van der Waals surface area contributed by atoms with Gasteiger partial charge in [-0.1, -0.05) is 41.9 Å². The van der Waals surface area contributed by atoms with Crippen LogP contribution >= 0.6 is 15.9 Å². The lowest BCUT2D eigenvalue weighted by atomic mass is 10.0. The highest BCUT2D eigenvalue weighted by atomic mass is 79.9. The summed E-state index contributed by atoms with van der Waals surface area (Å²) in [6, 6.07) is 14.1. The van der Waals surface area contributed by atoms with Crippen LogP contribution < -0.4 is 10.6 Å². The number of halogens is 1. The third kappa shape index (κ3) is 5.39. The second kappa shape index (κ2) is 8.16. The number of nitrogens with one attached hydrogen (secondary N) is 2. The summed E-state index contributed by atoms with van der Waals surface area (Å²) in [7, 11) is 0. The summed E-state index contributed by atoms with van der Waals surface area (Å²) in [4.78, 5) is 12.0. The lowest BCUT2D eigenvalue weighted by Crippen LogP contribution is -2.16. The van der Waals surface area contributed by atoms with E-state index in [-0.39, 0.29) is 5.91 Å². The summed E-state index contributed by atoms with van der Waals surface area (Å²) in [6.07, 6.45) is 0.432. The van der Waals surface area contributed by atoms with Crippen molar-refractivity contribution in [2.75, 3.05) is 17.2 Å². The van der Waals surface area contributed by atoms with Crippen LogP contribution in [0.5, 0.6) is 0 Å². The van der Waals surface area contributed by atoms with E-state index < -0.39 is 0 Å². The number of hydrogen-bond acceptors (Lipinski definition) is 2. The molecule has 3 nitrogen and oxygen atoms in total. The van der Waals surface area contributed by atoms with Gasteiger partial charge in [0.25, 0.3) is 0 Å². The van der Waals surface area contributed by atoms with Crippen LogP contribution in [-0.4, -0.2) is 12.5 Å². The maximum Gasteiger partial charge on any atom is 0.226 e. The summed E-state index contributed by atoms with van der Waals surface area (Å²) in [6.45, 7) is 6.97. The molecule has 0 radical (unpaired) electrons. The van der Waals surface area contributed by atoms with Gasteiger partial charge in [-0.25, -0.2) is 0 Å². The van der Waals surface area contributed by atoms with Crippen molar-refractivity contribution in [3.05, 3.63) is 58.1 Å². The third-order valence-electron chi connectivity index (χ3n) is 3.72. The monoisotopic (exact) mass is 374 g/mol. The van der Waals surface area contributed by atoms with Crippen molar-refractivity contribution in [1.82, 2.24) is 0 Å². The van der Waals surface area contributed by atoms with Gasteiger partial charge in [-0.2, -0.15) is 0 Å². The summed E-state index contributed by atoms with van der Waals surface area (Å²) in [5.74, 6) is 0.516. The van der Waals surface area contributed by atoms with Gasteiger partial charge in [0.05, 0.1) is 0 Å². The zero-order chi connectivity index (χ0) is 16.8. The summed E-state index contributed by atoms with van der Waals surface area (Å²) >= 11 is 3.45. The molecule has 0 aliphatic heterocycles. The normalized spacial score (nSPS) is 10.7. The van der Waals surface area contributed by atoms with Crippen LogP contribution in [0.2, 0.25) is 0 Å². The molecule has 2 aromatic rings. The van der Waals surface area contributed by atoms with Gasteiger partial charge in [-0.15, -0.1) is 0 Å². The van der Waals surface area contributed by atoms with Crippen LogP contribution in [0.25, 0.3) is 0 Å². The minimum Gasteiger partial charge on any atom is -0.384 e. The fourth-order valence-corrected chi connectivity index (χ4v) is 2.79. The van der Waals surface area contributed by atoms with E-state index in [1.807, 2.05) is 31.2 Å². The van der Waals surface area contributed by atoms with Crippen molar-refractivity contribution in [2.45, 2.75) is 33.1 Å². The quantitative estimate of drug-likeness (QED) is 0.717. The molecule has 2 aromatic carbocycles. The lowest BCUT2D eigenvalue weighted by Gasteiger charge is -2.11. The minimum absolute atomic E-state index is 0.0181. The number of carbonyl (C=O) groups is 1. The van der Waals surface area contributed by atoms with Crippen LogP contribution in [0.3, 0.4) is 0 Å². The van der Waals surface area contributed by atoms with E-state index in [0.29, 0.717) is 18.9 Å². The molecule has 0 spiro atoms. The van der Waals surface area contributed by atoms with Gasteiger partial charge in [0, 0.05) is 28.8 Å². The molecule has 0 aliphatic rings. The third-order valence-corrected chi connectivity index (χ3v) is 4.21. The maximum atomic E-state index is 12.0. The Morgan fingerprint density at radius 3 is 2.43 bits per heavy atom. The van der Waals surface area contributed by atoms with E-state index in [4.69, 9.17) is 0 Å². The maximum absolute atomic E-state index is 12.0. The Labute approximate surface area is 146 Å². The second-order valence-electron chi connectivity index (χ2n) is 5.96. The Kier molecular flexibility index (Phi) is 6.22. The summed E-state index contributed by atoms with van der Waals surface area (Å²) in [5, 5.41) is 6.23. The van der Waals surface area contributed by atoms with E-state index >= 15 is 0 Å². The Bertz CT molecular complexity index is 666. The number of aryl methyl sites for hydroxylation is 1. The van der Waals surface area contributed by atoms with Crippen LogP contribution in [0.1, 0.15) is 37.3 Å². The number of carbonyl (C=O) groups excluding carboxylic acids is 1. The second-order valence-corrected chi connectivity index (χ2v) is 6.88. The first-order valence-corrected chi connectivity index (χ1v) is 8.65. The Morgan fingerprint density at radius 2 is 1.83 bits per heavy atom. The number of anilines is 2. The molecule has 4 heteroatoms. The molecule has 2 N–H and O–H groups in total. The van der Waals surface area contributed by atoms with Gasteiger partial charge in [-0.05, 0) is 54.3 Å². The molecule has 122 valence electrons. The largest absolute Gasteiger partial charge is 0.384 e. The molecule has 0 fully saturated rings. The first kappa shape index (κ1) is 17.5. The van der Waals surface area contributed by atoms with Gasteiger partial charge < -0.3 is 10.6 Å². The molecule has 0 bridgehead atoms. The SMILES string of the molecule is Cc1cc(Br)ccc1NCCC(=O)Nc1ccc(C(C)C)cc1. The van der Waals surface area contributed by atoms with Crippen molar-refractivity contribution in [3.63, 3.8) is 0 Å². The fourth-order valence-electron chi connectivity index (χ4n) is 2.31. The van der Waals surface area contributed by atoms with Gasteiger partial charge in [0.1, 0.15) is 0 Å². The van der Waals surface area contributed by atoms with Gasteiger partial charge in [0.15, 0.2) is 0 Å². The van der Waals surface area contributed by atoms with E-state index in [1.54, 1.807) is 0 Å². The predicted molar refractivity (Wildman–Crippen MR) is 101 cm³/mol. The molecule has 1 amide bonds. The Hall–Kier alpha value is -1.81. The molecule has 0 aliphatic carbocycles. The van der Waals surface area contributed by atoms with Crippen molar-refractivity contribution < 1.29 is 4.79 Å². The van der Waals surface area contributed by atoms with Gasteiger partial charge >= 0.3 is 0 Å². The standard InChI is InChI=1S/C19H23BrN2O/c1-13(2)15-4-7-17(8-5-15)22-19(23)10-11-21-18-9-6-16(20)12-14(18)3/h4-9,12-13,21H,10-11H2,1-3H3,(H,22,23). The first-order valence-electron chi connectivity index (χ1n) is 7.85. The number of rotatable bonds is 6. The summed E-state index contributed by atoms with van der Waals surface area (Å²) in [5.41, 5.74) is 4.33. The lowest BCUT2D eigenvalue weighted by molar-refractivity contribution is -0.115. The molecule has 0 unspecified atom stereocenters. The predicted octanol–water partition coefficient (Wildman–Crippen LogP) is 5.32.